The van der Waals surface area contributed by atoms with Gasteiger partial charge in [-0.1, -0.05) is 23.2 Å². The molecule has 0 aliphatic carbocycles. The molecule has 0 spiro atoms. The molecule has 2 rings (SSSR count). The summed E-state index contributed by atoms with van der Waals surface area (Å²) in [5, 5.41) is 9.92. The quantitative estimate of drug-likeness (QED) is 0.848. The van der Waals surface area contributed by atoms with Gasteiger partial charge in [0.05, 0.1) is 11.1 Å². The monoisotopic (exact) mass is 315 g/mol. The molecule has 3 nitrogen and oxygen atoms in total. The van der Waals surface area contributed by atoms with Gasteiger partial charge in [-0.3, -0.25) is 9.69 Å². The summed E-state index contributed by atoms with van der Waals surface area (Å²) in [4.78, 5) is 14.7. The van der Waals surface area contributed by atoms with Gasteiger partial charge in [0.1, 0.15) is 0 Å². The number of carbonyl (C=O) groups is 1. The standard InChI is InChI=1S/C15H19Cl2NO2/c1-10(18-6-4-11(9-18)5-7-19)15(20)13-3-2-12(16)8-14(13)17/h2-3,8,10-11,19H,4-7,9H2,1H3. The minimum atomic E-state index is -0.197. The highest BCUT2D eigenvalue weighted by atomic mass is 35.5. The summed E-state index contributed by atoms with van der Waals surface area (Å²) >= 11 is 11.9. The lowest BCUT2D eigenvalue weighted by Gasteiger charge is -2.23. The van der Waals surface area contributed by atoms with Gasteiger partial charge in [-0.05, 0) is 50.4 Å². The minimum Gasteiger partial charge on any atom is -0.396 e. The van der Waals surface area contributed by atoms with Crippen molar-refractivity contribution in [2.45, 2.75) is 25.8 Å². The van der Waals surface area contributed by atoms with E-state index in [0.29, 0.717) is 21.5 Å². The fourth-order valence-electron chi connectivity index (χ4n) is 2.71. The molecule has 1 aliphatic rings. The van der Waals surface area contributed by atoms with Gasteiger partial charge in [-0.25, -0.2) is 0 Å². The van der Waals surface area contributed by atoms with E-state index in [1.165, 1.54) is 0 Å². The Bertz CT molecular complexity index is 493. The van der Waals surface area contributed by atoms with Gasteiger partial charge >= 0.3 is 0 Å². The van der Waals surface area contributed by atoms with E-state index in [4.69, 9.17) is 28.3 Å². The second-order valence-corrected chi connectivity index (χ2v) is 6.17. The molecule has 0 amide bonds. The number of carbonyl (C=O) groups excluding carboxylic acids is 1. The summed E-state index contributed by atoms with van der Waals surface area (Å²) < 4.78 is 0. The molecule has 0 radical (unpaired) electrons. The molecule has 1 aromatic rings. The van der Waals surface area contributed by atoms with E-state index in [2.05, 4.69) is 4.90 Å². The molecule has 1 fully saturated rings. The predicted molar refractivity (Wildman–Crippen MR) is 81.6 cm³/mol. The first-order valence-corrected chi connectivity index (χ1v) is 7.62. The average Bonchev–Trinajstić information content (AvgIpc) is 2.86. The molecule has 110 valence electrons. The molecule has 1 heterocycles. The molecule has 0 bridgehead atoms. The number of likely N-dealkylation sites (tertiary alicyclic amines) is 1. The number of aliphatic hydroxyl groups excluding tert-OH is 1. The first kappa shape index (κ1) is 15.8. The SMILES string of the molecule is CC(C(=O)c1ccc(Cl)cc1Cl)N1CCC(CCO)C1. The van der Waals surface area contributed by atoms with Crippen molar-refractivity contribution in [2.75, 3.05) is 19.7 Å². The fraction of sp³-hybridized carbons (Fsp3) is 0.533. The van der Waals surface area contributed by atoms with E-state index in [1.54, 1.807) is 18.2 Å². The fourth-order valence-corrected chi connectivity index (χ4v) is 3.21. The van der Waals surface area contributed by atoms with Crippen molar-refractivity contribution < 1.29 is 9.90 Å². The molecule has 2 unspecified atom stereocenters. The first-order chi connectivity index (χ1) is 9.52. The molecule has 0 aromatic heterocycles. The second kappa shape index (κ2) is 6.90. The summed E-state index contributed by atoms with van der Waals surface area (Å²) in [5.74, 6) is 0.507. The number of ketones is 1. The number of halogens is 2. The molecule has 20 heavy (non-hydrogen) atoms. The van der Waals surface area contributed by atoms with Crippen LogP contribution in [0.15, 0.2) is 18.2 Å². The Balaban J connectivity index is 2.05. The number of nitrogens with zero attached hydrogens (tertiary/aromatic N) is 1. The van der Waals surface area contributed by atoms with Gasteiger partial charge in [0.15, 0.2) is 5.78 Å². The summed E-state index contributed by atoms with van der Waals surface area (Å²) in [6, 6.07) is 4.77. The van der Waals surface area contributed by atoms with E-state index in [9.17, 15) is 4.79 Å². The molecular weight excluding hydrogens is 297 g/mol. The van der Waals surface area contributed by atoms with Crippen molar-refractivity contribution in [3.8, 4) is 0 Å². The van der Waals surface area contributed by atoms with Gasteiger partial charge in [-0.15, -0.1) is 0 Å². The van der Waals surface area contributed by atoms with Crippen LogP contribution in [0.5, 0.6) is 0 Å². The predicted octanol–water partition coefficient (Wildman–Crippen LogP) is 3.27. The van der Waals surface area contributed by atoms with Crippen LogP contribution >= 0.6 is 23.2 Å². The third kappa shape index (κ3) is 3.53. The van der Waals surface area contributed by atoms with Gasteiger partial charge in [0, 0.05) is 23.7 Å². The van der Waals surface area contributed by atoms with E-state index in [0.717, 1.165) is 25.9 Å². The Hall–Kier alpha value is -0.610. The third-order valence-electron chi connectivity index (χ3n) is 3.98. The molecule has 1 N–H and O–H groups in total. The van der Waals surface area contributed by atoms with Gasteiger partial charge < -0.3 is 5.11 Å². The Morgan fingerprint density at radius 2 is 2.25 bits per heavy atom. The lowest BCUT2D eigenvalue weighted by molar-refractivity contribution is 0.0861. The van der Waals surface area contributed by atoms with Crippen LogP contribution in [0.25, 0.3) is 0 Å². The van der Waals surface area contributed by atoms with Crippen molar-refractivity contribution in [3.63, 3.8) is 0 Å². The third-order valence-corrected chi connectivity index (χ3v) is 4.53. The lowest BCUT2D eigenvalue weighted by Crippen LogP contribution is -2.37. The van der Waals surface area contributed by atoms with Crippen LogP contribution in [-0.4, -0.2) is 41.5 Å². The maximum Gasteiger partial charge on any atom is 0.181 e. The van der Waals surface area contributed by atoms with Gasteiger partial charge in [0.25, 0.3) is 0 Å². The zero-order chi connectivity index (χ0) is 14.7. The van der Waals surface area contributed by atoms with E-state index in [1.807, 2.05) is 6.92 Å². The van der Waals surface area contributed by atoms with Crippen molar-refractivity contribution in [1.29, 1.82) is 0 Å². The highest BCUT2D eigenvalue weighted by Gasteiger charge is 2.30. The maximum atomic E-state index is 12.5. The number of hydrogen-bond donors (Lipinski definition) is 1. The van der Waals surface area contributed by atoms with Crippen molar-refractivity contribution in [1.82, 2.24) is 4.90 Å². The first-order valence-electron chi connectivity index (χ1n) is 6.87. The molecule has 1 saturated heterocycles. The van der Waals surface area contributed by atoms with Crippen LogP contribution in [0, 0.1) is 5.92 Å². The smallest absolute Gasteiger partial charge is 0.181 e. The van der Waals surface area contributed by atoms with Gasteiger partial charge in [0.2, 0.25) is 0 Å². The van der Waals surface area contributed by atoms with Crippen LogP contribution in [0.4, 0.5) is 0 Å². The molecule has 2 atom stereocenters. The summed E-state index contributed by atoms with van der Waals surface area (Å²) in [7, 11) is 0. The highest BCUT2D eigenvalue weighted by Crippen LogP contribution is 2.26. The molecule has 1 aliphatic heterocycles. The van der Waals surface area contributed by atoms with E-state index < -0.39 is 0 Å². The maximum absolute atomic E-state index is 12.5. The van der Waals surface area contributed by atoms with E-state index >= 15 is 0 Å². The Labute approximate surface area is 129 Å². The number of hydrogen-bond acceptors (Lipinski definition) is 3. The second-order valence-electron chi connectivity index (χ2n) is 5.33. The summed E-state index contributed by atoms with van der Waals surface area (Å²) in [6.45, 7) is 3.87. The lowest BCUT2D eigenvalue weighted by atomic mass is 10.0. The van der Waals surface area contributed by atoms with Crippen molar-refractivity contribution in [3.05, 3.63) is 33.8 Å². The molecular formula is C15H19Cl2NO2. The van der Waals surface area contributed by atoms with Crippen LogP contribution in [0.1, 0.15) is 30.1 Å². The largest absolute Gasteiger partial charge is 0.396 e. The zero-order valence-electron chi connectivity index (χ0n) is 11.5. The van der Waals surface area contributed by atoms with Crippen LogP contribution in [0.3, 0.4) is 0 Å². The Morgan fingerprint density at radius 3 is 2.90 bits per heavy atom. The Kier molecular flexibility index (Phi) is 5.44. The average molecular weight is 316 g/mol. The molecule has 1 aromatic carbocycles. The number of benzene rings is 1. The number of rotatable bonds is 5. The van der Waals surface area contributed by atoms with Crippen LogP contribution < -0.4 is 0 Å². The Morgan fingerprint density at radius 1 is 1.50 bits per heavy atom. The highest BCUT2D eigenvalue weighted by molar-refractivity contribution is 6.37. The van der Waals surface area contributed by atoms with Crippen LogP contribution in [0.2, 0.25) is 10.0 Å². The van der Waals surface area contributed by atoms with Crippen molar-refractivity contribution >= 4 is 29.0 Å². The van der Waals surface area contributed by atoms with E-state index in [-0.39, 0.29) is 18.4 Å². The zero-order valence-corrected chi connectivity index (χ0v) is 13.0. The number of Topliss-reactive ketones (excluding diaryl/α,β-unsaturated/α-hetero) is 1. The van der Waals surface area contributed by atoms with Crippen molar-refractivity contribution in [2.24, 2.45) is 5.92 Å². The topological polar surface area (TPSA) is 40.5 Å². The molecule has 0 saturated carbocycles. The van der Waals surface area contributed by atoms with Crippen LogP contribution in [-0.2, 0) is 0 Å². The minimum absolute atomic E-state index is 0.0244. The molecule has 5 heteroatoms. The normalized spacial score (nSPS) is 21.1. The number of aliphatic hydroxyl groups is 1. The summed E-state index contributed by atoms with van der Waals surface area (Å²) in [6.07, 6.45) is 1.84. The van der Waals surface area contributed by atoms with Gasteiger partial charge in [-0.2, -0.15) is 0 Å². The summed E-state index contributed by atoms with van der Waals surface area (Å²) in [5.41, 5.74) is 0.522.